The number of Topliss-reactive ketones (excluding diaryl/α,β-unsaturated/α-hetero) is 1. The van der Waals surface area contributed by atoms with Crippen LogP contribution in [0.4, 0.5) is 0 Å². The van der Waals surface area contributed by atoms with Crippen molar-refractivity contribution >= 4 is 29.1 Å². The fraction of sp³-hybridized carbons (Fsp3) is 0.360. The van der Waals surface area contributed by atoms with E-state index in [4.69, 9.17) is 21.1 Å². The Hall–Kier alpha value is -2.83. The summed E-state index contributed by atoms with van der Waals surface area (Å²) in [6, 6.07) is 13.2. The van der Waals surface area contributed by atoms with Crippen molar-refractivity contribution in [2.75, 3.05) is 26.9 Å². The number of ketones is 1. The highest BCUT2D eigenvalue weighted by atomic mass is 35.5. The largest absolute Gasteiger partial charge is 0.507 e. The second kappa shape index (κ2) is 11.2. The highest BCUT2D eigenvalue weighted by Crippen LogP contribution is 2.40. The SMILES string of the molecule is CCCCOc1cccc(C(O)=C2C(=O)C(=O)N(CCCOC)C2c2cccc(Cl)c2)c1. The number of halogens is 1. The van der Waals surface area contributed by atoms with Gasteiger partial charge < -0.3 is 19.5 Å². The second-order valence-corrected chi connectivity index (χ2v) is 8.06. The number of aliphatic hydroxyl groups is 1. The van der Waals surface area contributed by atoms with E-state index in [1.54, 1.807) is 55.6 Å². The van der Waals surface area contributed by atoms with E-state index in [1.165, 1.54) is 4.90 Å². The van der Waals surface area contributed by atoms with Crippen LogP contribution in [0.2, 0.25) is 5.02 Å². The van der Waals surface area contributed by atoms with Gasteiger partial charge in [0.15, 0.2) is 0 Å². The van der Waals surface area contributed by atoms with Gasteiger partial charge in [-0.2, -0.15) is 0 Å². The molecule has 0 saturated carbocycles. The lowest BCUT2D eigenvalue weighted by molar-refractivity contribution is -0.140. The number of nitrogens with zero attached hydrogens (tertiary/aromatic N) is 1. The lowest BCUT2D eigenvalue weighted by Crippen LogP contribution is -2.31. The number of hydrogen-bond acceptors (Lipinski definition) is 5. The fourth-order valence-corrected chi connectivity index (χ4v) is 3.93. The normalized spacial score (nSPS) is 17.7. The molecule has 170 valence electrons. The Labute approximate surface area is 193 Å². The molecule has 1 aliphatic heterocycles. The molecule has 7 heteroatoms. The second-order valence-electron chi connectivity index (χ2n) is 7.62. The molecule has 0 spiro atoms. The van der Waals surface area contributed by atoms with Gasteiger partial charge in [-0.1, -0.05) is 49.2 Å². The Kier molecular flexibility index (Phi) is 8.31. The molecule has 0 aliphatic carbocycles. The molecule has 0 aromatic heterocycles. The van der Waals surface area contributed by atoms with E-state index >= 15 is 0 Å². The van der Waals surface area contributed by atoms with Gasteiger partial charge in [-0.25, -0.2) is 0 Å². The van der Waals surface area contributed by atoms with Gasteiger partial charge in [0.05, 0.1) is 18.2 Å². The Balaban J connectivity index is 2.04. The van der Waals surface area contributed by atoms with Crippen LogP contribution in [0.25, 0.3) is 5.76 Å². The molecule has 1 heterocycles. The quantitative estimate of drug-likeness (QED) is 0.236. The summed E-state index contributed by atoms with van der Waals surface area (Å²) >= 11 is 6.19. The van der Waals surface area contributed by atoms with Crippen LogP contribution in [0.1, 0.15) is 43.4 Å². The average Bonchev–Trinajstić information content (AvgIpc) is 3.04. The molecule has 1 atom stereocenters. The summed E-state index contributed by atoms with van der Waals surface area (Å²) in [4.78, 5) is 27.4. The number of aliphatic hydroxyl groups excluding tert-OH is 1. The minimum Gasteiger partial charge on any atom is -0.507 e. The lowest BCUT2D eigenvalue weighted by Gasteiger charge is -2.25. The van der Waals surface area contributed by atoms with Crippen molar-refractivity contribution in [1.29, 1.82) is 0 Å². The third-order valence-corrected chi connectivity index (χ3v) is 5.56. The Morgan fingerprint density at radius 3 is 2.59 bits per heavy atom. The zero-order valence-corrected chi connectivity index (χ0v) is 19.1. The van der Waals surface area contributed by atoms with Gasteiger partial charge >= 0.3 is 0 Å². The van der Waals surface area contributed by atoms with Crippen molar-refractivity contribution in [3.63, 3.8) is 0 Å². The summed E-state index contributed by atoms with van der Waals surface area (Å²) in [5.41, 5.74) is 1.12. The van der Waals surface area contributed by atoms with Gasteiger partial charge in [-0.15, -0.1) is 0 Å². The number of ether oxygens (including phenoxy) is 2. The summed E-state index contributed by atoms with van der Waals surface area (Å²) < 4.78 is 10.8. The molecule has 6 nitrogen and oxygen atoms in total. The minimum absolute atomic E-state index is 0.0420. The van der Waals surface area contributed by atoms with Gasteiger partial charge in [-0.05, 0) is 42.7 Å². The van der Waals surface area contributed by atoms with Gasteiger partial charge in [0.25, 0.3) is 11.7 Å². The average molecular weight is 458 g/mol. The summed E-state index contributed by atoms with van der Waals surface area (Å²) in [6.45, 7) is 3.40. The minimum atomic E-state index is -0.741. The molecule has 1 N–H and O–H groups in total. The molecule has 2 aromatic rings. The van der Waals surface area contributed by atoms with Gasteiger partial charge in [0.2, 0.25) is 0 Å². The molecule has 1 unspecified atom stereocenters. The summed E-state index contributed by atoms with van der Waals surface area (Å²) in [5.74, 6) is -1.01. The monoisotopic (exact) mass is 457 g/mol. The molecule has 1 fully saturated rings. The number of benzene rings is 2. The Morgan fingerprint density at radius 2 is 1.88 bits per heavy atom. The maximum atomic E-state index is 13.0. The number of carbonyl (C=O) groups excluding carboxylic acids is 2. The number of hydrogen-bond donors (Lipinski definition) is 1. The molecular formula is C25H28ClNO5. The zero-order valence-electron chi connectivity index (χ0n) is 18.3. The van der Waals surface area contributed by atoms with Gasteiger partial charge in [0.1, 0.15) is 11.5 Å². The van der Waals surface area contributed by atoms with Crippen LogP contribution in [-0.2, 0) is 14.3 Å². The van der Waals surface area contributed by atoms with Crippen LogP contribution in [0.5, 0.6) is 5.75 Å². The first-order valence-corrected chi connectivity index (χ1v) is 11.1. The van der Waals surface area contributed by atoms with Crippen molar-refractivity contribution in [2.24, 2.45) is 0 Å². The maximum Gasteiger partial charge on any atom is 0.295 e. The number of rotatable bonds is 10. The number of methoxy groups -OCH3 is 1. The summed E-state index contributed by atoms with van der Waals surface area (Å²) in [5, 5.41) is 11.6. The molecule has 0 bridgehead atoms. The molecule has 3 rings (SSSR count). The van der Waals surface area contributed by atoms with Crippen molar-refractivity contribution in [3.8, 4) is 5.75 Å². The van der Waals surface area contributed by atoms with Crippen LogP contribution in [-0.4, -0.2) is 48.6 Å². The van der Waals surface area contributed by atoms with Crippen LogP contribution in [0, 0.1) is 0 Å². The van der Waals surface area contributed by atoms with Crippen LogP contribution < -0.4 is 4.74 Å². The number of carbonyl (C=O) groups is 2. The standard InChI is InChI=1S/C25H28ClNO5/c1-3-4-14-32-20-11-6-9-18(16-20)23(28)21-22(17-8-5-10-19(26)15-17)27(12-7-13-31-2)25(30)24(21)29/h5-6,8-11,15-16,22,28H,3-4,7,12-14H2,1-2H3. The van der Waals surface area contributed by atoms with Crippen molar-refractivity contribution < 1.29 is 24.2 Å². The van der Waals surface area contributed by atoms with E-state index in [9.17, 15) is 14.7 Å². The zero-order chi connectivity index (χ0) is 23.1. The van der Waals surface area contributed by atoms with Crippen LogP contribution in [0.15, 0.2) is 54.1 Å². The summed E-state index contributed by atoms with van der Waals surface area (Å²) in [7, 11) is 1.58. The van der Waals surface area contributed by atoms with Gasteiger partial charge in [-0.3, -0.25) is 9.59 Å². The first kappa shape index (κ1) is 23.8. The van der Waals surface area contributed by atoms with Gasteiger partial charge in [0, 0.05) is 30.8 Å². The number of unbranched alkanes of at least 4 members (excludes halogenated alkanes) is 1. The fourth-order valence-electron chi connectivity index (χ4n) is 3.74. The predicted octanol–water partition coefficient (Wildman–Crippen LogP) is 4.98. The Bertz CT molecular complexity index is 1000. The summed E-state index contributed by atoms with van der Waals surface area (Å²) in [6.07, 6.45) is 2.48. The lowest BCUT2D eigenvalue weighted by atomic mass is 9.95. The Morgan fingerprint density at radius 1 is 1.09 bits per heavy atom. The molecule has 2 aromatic carbocycles. The topological polar surface area (TPSA) is 76.1 Å². The predicted molar refractivity (Wildman–Crippen MR) is 124 cm³/mol. The first-order valence-electron chi connectivity index (χ1n) is 10.7. The molecule has 1 saturated heterocycles. The van der Waals surface area contributed by atoms with Crippen molar-refractivity contribution in [3.05, 3.63) is 70.3 Å². The molecule has 0 radical (unpaired) electrons. The van der Waals surface area contributed by atoms with E-state index in [-0.39, 0.29) is 11.3 Å². The van der Waals surface area contributed by atoms with E-state index in [2.05, 4.69) is 6.92 Å². The van der Waals surface area contributed by atoms with E-state index in [0.29, 0.717) is 48.1 Å². The highest BCUT2D eigenvalue weighted by Gasteiger charge is 2.45. The number of amides is 1. The number of likely N-dealkylation sites (tertiary alicyclic amines) is 1. The van der Waals surface area contributed by atoms with Crippen LogP contribution in [0.3, 0.4) is 0 Å². The van der Waals surface area contributed by atoms with Crippen molar-refractivity contribution in [2.45, 2.75) is 32.2 Å². The maximum absolute atomic E-state index is 13.0. The molecule has 1 aliphatic rings. The highest BCUT2D eigenvalue weighted by molar-refractivity contribution is 6.46. The molecular weight excluding hydrogens is 430 g/mol. The third-order valence-electron chi connectivity index (χ3n) is 5.33. The van der Waals surface area contributed by atoms with E-state index < -0.39 is 17.7 Å². The smallest absolute Gasteiger partial charge is 0.295 e. The van der Waals surface area contributed by atoms with Crippen molar-refractivity contribution in [1.82, 2.24) is 4.90 Å². The third kappa shape index (κ3) is 5.31. The first-order chi connectivity index (χ1) is 15.5. The van der Waals surface area contributed by atoms with Crippen LogP contribution >= 0.6 is 11.6 Å². The molecule has 1 amide bonds. The molecule has 32 heavy (non-hydrogen) atoms. The van der Waals surface area contributed by atoms with E-state index in [1.807, 2.05) is 0 Å². The van der Waals surface area contributed by atoms with E-state index in [0.717, 1.165) is 12.8 Å².